The van der Waals surface area contributed by atoms with E-state index in [0.717, 1.165) is 33.9 Å². The normalized spacial score (nSPS) is 21.7. The van der Waals surface area contributed by atoms with Crippen molar-refractivity contribution in [3.8, 4) is 0 Å². The van der Waals surface area contributed by atoms with Crippen LogP contribution in [0.15, 0.2) is 48.5 Å². The number of nitrogens with zero attached hydrogens (tertiary/aromatic N) is 3. The first-order valence-corrected chi connectivity index (χ1v) is 16.2. The first kappa shape index (κ1) is 28.2. The van der Waals surface area contributed by atoms with Crippen molar-refractivity contribution in [2.45, 2.75) is 50.7 Å². The zero-order valence-corrected chi connectivity index (χ0v) is 23.9. The molecule has 2 aliphatic carbocycles. The Kier molecular flexibility index (Phi) is 7.48. The molecule has 5 rings (SSSR count). The third-order valence-corrected chi connectivity index (χ3v) is 9.53. The Morgan fingerprint density at radius 2 is 1.90 bits per heavy atom. The number of hydrogen-bond acceptors (Lipinski definition) is 6. The Labute approximate surface area is 235 Å². The largest absolute Gasteiger partial charge is 0.334 e. The summed E-state index contributed by atoms with van der Waals surface area (Å²) in [6.07, 6.45) is 3.67. The Hall–Kier alpha value is -3.29. The van der Waals surface area contributed by atoms with Gasteiger partial charge in [0.2, 0.25) is 5.91 Å². The fraction of sp³-hybridized carbons (Fsp3) is 0.444. The van der Waals surface area contributed by atoms with Gasteiger partial charge in [-0.2, -0.15) is 0 Å². The van der Waals surface area contributed by atoms with E-state index in [1.54, 1.807) is 17.0 Å². The number of urea groups is 1. The van der Waals surface area contributed by atoms with Crippen LogP contribution in [0.2, 0.25) is 0 Å². The third kappa shape index (κ3) is 5.50. The fourth-order valence-corrected chi connectivity index (χ4v) is 7.46. The summed E-state index contributed by atoms with van der Waals surface area (Å²) in [5.41, 5.74) is 0.997. The van der Waals surface area contributed by atoms with Crippen LogP contribution in [0.3, 0.4) is 0 Å². The van der Waals surface area contributed by atoms with E-state index >= 15 is 0 Å². The summed E-state index contributed by atoms with van der Waals surface area (Å²) < 4.78 is 45.9. The van der Waals surface area contributed by atoms with E-state index < -0.39 is 44.5 Å². The lowest BCUT2D eigenvalue weighted by molar-refractivity contribution is -0.141. The number of amides is 4. The minimum absolute atomic E-state index is 0.0278. The van der Waals surface area contributed by atoms with Gasteiger partial charge in [0, 0.05) is 18.8 Å². The van der Waals surface area contributed by atoms with E-state index in [4.69, 9.17) is 0 Å². The predicted octanol–water partition coefficient (Wildman–Crippen LogP) is 2.15. The van der Waals surface area contributed by atoms with Gasteiger partial charge in [-0.15, -0.1) is 0 Å². The molecule has 2 fully saturated rings. The van der Waals surface area contributed by atoms with E-state index in [1.807, 2.05) is 37.3 Å². The molecule has 3 aliphatic rings. The average molecular weight is 589 g/mol. The Balaban J connectivity index is 1.37. The number of aryl methyl sites for hydroxylation is 1. The number of sulfone groups is 1. The highest BCUT2D eigenvalue weighted by Gasteiger charge is 2.56. The molecule has 1 spiro atoms. The molecule has 1 heterocycles. The number of imide groups is 1. The van der Waals surface area contributed by atoms with Crippen LogP contribution >= 0.6 is 0 Å². The van der Waals surface area contributed by atoms with Gasteiger partial charge in [-0.25, -0.2) is 17.4 Å². The molecule has 214 valence electrons. The molecule has 1 saturated heterocycles. The molecular formula is C27H32N4O7S2. The summed E-state index contributed by atoms with van der Waals surface area (Å²) in [7, 11) is -3.60. The van der Waals surface area contributed by atoms with Crippen LogP contribution in [-0.4, -0.2) is 69.5 Å². The summed E-state index contributed by atoms with van der Waals surface area (Å²) in [5.74, 6) is -1.09. The number of carbonyl (C=O) groups is 3. The molecule has 1 saturated carbocycles. The second-order valence-corrected chi connectivity index (χ2v) is 13.8. The summed E-state index contributed by atoms with van der Waals surface area (Å²) in [6.45, 7) is 2.01. The first-order valence-electron chi connectivity index (χ1n) is 13.1. The quantitative estimate of drug-likeness (QED) is 0.320. The zero-order valence-electron chi connectivity index (χ0n) is 22.3. The predicted molar refractivity (Wildman–Crippen MR) is 149 cm³/mol. The van der Waals surface area contributed by atoms with Crippen LogP contribution in [0.1, 0.15) is 42.9 Å². The van der Waals surface area contributed by atoms with Gasteiger partial charge in [-0.05, 0) is 67.3 Å². The number of anilines is 1. The van der Waals surface area contributed by atoms with Crippen molar-refractivity contribution in [1.29, 1.82) is 0 Å². The summed E-state index contributed by atoms with van der Waals surface area (Å²) >= 11 is -2.59. The maximum atomic E-state index is 13.7. The Morgan fingerprint density at radius 1 is 1.20 bits per heavy atom. The van der Waals surface area contributed by atoms with E-state index in [0.29, 0.717) is 30.0 Å². The van der Waals surface area contributed by atoms with E-state index in [1.165, 1.54) is 6.07 Å². The maximum Gasteiger partial charge on any atom is 0.325 e. The number of carbonyl (C=O) groups excluding carboxylic acids is 3. The van der Waals surface area contributed by atoms with Gasteiger partial charge in [0.25, 0.3) is 17.2 Å². The second-order valence-electron chi connectivity index (χ2n) is 10.8. The molecule has 1 aliphatic heterocycles. The van der Waals surface area contributed by atoms with Crippen molar-refractivity contribution in [2.24, 2.45) is 5.92 Å². The van der Waals surface area contributed by atoms with Crippen LogP contribution in [0.25, 0.3) is 0 Å². The number of hydrogen-bond donors (Lipinski definition) is 2. The lowest BCUT2D eigenvalue weighted by Gasteiger charge is -2.31. The van der Waals surface area contributed by atoms with Crippen molar-refractivity contribution in [3.63, 3.8) is 0 Å². The van der Waals surface area contributed by atoms with Crippen LogP contribution in [0, 0.1) is 5.92 Å². The molecule has 2 N–H and O–H groups in total. The minimum Gasteiger partial charge on any atom is -0.334 e. The Morgan fingerprint density at radius 3 is 2.52 bits per heavy atom. The molecule has 0 bridgehead atoms. The van der Waals surface area contributed by atoms with Crippen molar-refractivity contribution < 1.29 is 31.6 Å². The molecule has 13 heteroatoms. The van der Waals surface area contributed by atoms with Gasteiger partial charge in [-0.1, -0.05) is 36.4 Å². The molecular weight excluding hydrogens is 556 g/mol. The molecule has 3 atom stereocenters. The standard InChI is InChI=1S/C27H32N4O7S2/c1-18(20-8-9-20)29(15-19-6-4-3-5-7-19)24(32)16-30-25(33)27(28-26(30)34)13-12-21-14-22(10-11-23(21)27)31(39(35)36)17-40(2,37)38/h3-7,10-11,14,18,20H,8-9,12-13,15-17H2,1-2H3,(H,28,34)(H,35,36)/t18?,27-/m0/s1. The first-order chi connectivity index (χ1) is 18.9. The topological polar surface area (TPSA) is 144 Å². The average Bonchev–Trinajstić information content (AvgIpc) is 3.66. The monoisotopic (exact) mass is 588 g/mol. The van der Waals surface area contributed by atoms with Gasteiger partial charge in [0.05, 0.1) is 5.69 Å². The molecule has 40 heavy (non-hydrogen) atoms. The smallest absolute Gasteiger partial charge is 0.325 e. The molecule has 0 aromatic heterocycles. The third-order valence-electron chi connectivity index (χ3n) is 7.93. The summed E-state index contributed by atoms with van der Waals surface area (Å²) in [5, 5.41) is 2.80. The number of rotatable bonds is 10. The molecule has 2 unspecified atom stereocenters. The van der Waals surface area contributed by atoms with Gasteiger partial charge in [0.1, 0.15) is 18.0 Å². The SMILES string of the molecule is CC(C1CC1)N(Cc1ccccc1)C(=O)CN1C(=O)N[C@]2(CCc3cc(N(CS(C)(=O)=O)S(=O)O)ccc32)C1=O. The van der Waals surface area contributed by atoms with Crippen molar-refractivity contribution in [3.05, 3.63) is 65.2 Å². The molecule has 2 aromatic rings. The van der Waals surface area contributed by atoms with Crippen molar-refractivity contribution >= 4 is 44.6 Å². The van der Waals surface area contributed by atoms with Gasteiger partial charge in [-0.3, -0.25) is 23.3 Å². The highest BCUT2D eigenvalue weighted by atomic mass is 32.2. The molecule has 0 radical (unpaired) electrons. The van der Waals surface area contributed by atoms with Crippen LogP contribution in [0.4, 0.5) is 10.5 Å². The van der Waals surface area contributed by atoms with E-state index in [-0.39, 0.29) is 30.6 Å². The van der Waals surface area contributed by atoms with Crippen molar-refractivity contribution in [1.82, 2.24) is 15.1 Å². The Bertz CT molecular complexity index is 1480. The molecule has 4 amide bonds. The zero-order chi connectivity index (χ0) is 28.8. The summed E-state index contributed by atoms with van der Waals surface area (Å²) in [4.78, 5) is 43.1. The lowest BCUT2D eigenvalue weighted by Crippen LogP contribution is -2.47. The minimum atomic E-state index is -3.60. The number of nitrogens with one attached hydrogen (secondary N) is 1. The van der Waals surface area contributed by atoms with Gasteiger partial charge >= 0.3 is 6.03 Å². The van der Waals surface area contributed by atoms with E-state index in [2.05, 4.69) is 5.32 Å². The number of benzene rings is 2. The van der Waals surface area contributed by atoms with Crippen LogP contribution < -0.4 is 9.62 Å². The van der Waals surface area contributed by atoms with Gasteiger partial charge < -0.3 is 10.2 Å². The summed E-state index contributed by atoms with van der Waals surface area (Å²) in [6, 6.07) is 13.5. The lowest BCUT2D eigenvalue weighted by atomic mass is 9.91. The molecule has 11 nitrogen and oxygen atoms in total. The van der Waals surface area contributed by atoms with Crippen LogP contribution in [0.5, 0.6) is 0 Å². The fourth-order valence-electron chi connectivity index (χ4n) is 5.66. The van der Waals surface area contributed by atoms with Gasteiger partial charge in [0.15, 0.2) is 9.84 Å². The maximum absolute atomic E-state index is 13.7. The highest BCUT2D eigenvalue weighted by molar-refractivity contribution is 7.92. The van der Waals surface area contributed by atoms with Crippen molar-refractivity contribution in [2.75, 3.05) is 23.0 Å². The number of fused-ring (bicyclic) bond motifs is 2. The second kappa shape index (κ2) is 10.6. The molecule has 2 aromatic carbocycles. The van der Waals surface area contributed by atoms with E-state index in [9.17, 15) is 31.6 Å². The highest BCUT2D eigenvalue weighted by Crippen LogP contribution is 2.43. The van der Waals surface area contributed by atoms with Crippen LogP contribution in [-0.2, 0) is 49.2 Å².